The van der Waals surface area contributed by atoms with Gasteiger partial charge < -0.3 is 15.4 Å². The number of rotatable bonds is 7. The molecular formula is C19H24N2O2. The molecule has 2 rings (SSSR count). The van der Waals surface area contributed by atoms with E-state index in [9.17, 15) is 4.79 Å². The molecule has 0 radical (unpaired) electrons. The zero-order valence-electron chi connectivity index (χ0n) is 13.8. The fraction of sp³-hybridized carbons (Fsp3) is 0.316. The van der Waals surface area contributed by atoms with Gasteiger partial charge in [0.25, 0.3) is 0 Å². The van der Waals surface area contributed by atoms with Crippen LogP contribution in [-0.4, -0.2) is 31.5 Å². The van der Waals surface area contributed by atoms with E-state index in [1.54, 1.807) is 12.0 Å². The van der Waals surface area contributed by atoms with Gasteiger partial charge in [-0.2, -0.15) is 0 Å². The Morgan fingerprint density at radius 1 is 1.04 bits per heavy atom. The van der Waals surface area contributed by atoms with Crippen LogP contribution in [0.5, 0.6) is 5.75 Å². The molecule has 0 saturated heterocycles. The second-order valence-corrected chi connectivity index (χ2v) is 5.69. The van der Waals surface area contributed by atoms with Crippen molar-refractivity contribution in [2.24, 2.45) is 0 Å². The van der Waals surface area contributed by atoms with E-state index in [0.717, 1.165) is 30.7 Å². The maximum Gasteiger partial charge on any atom is 0.226 e. The van der Waals surface area contributed by atoms with Gasteiger partial charge in [0.05, 0.1) is 13.5 Å². The van der Waals surface area contributed by atoms with Crippen LogP contribution >= 0.6 is 0 Å². The van der Waals surface area contributed by atoms with Crippen molar-refractivity contribution >= 4 is 11.6 Å². The lowest BCUT2D eigenvalue weighted by atomic mass is 10.1. The Morgan fingerprint density at radius 3 is 2.26 bits per heavy atom. The van der Waals surface area contributed by atoms with Gasteiger partial charge in [-0.15, -0.1) is 0 Å². The predicted molar refractivity (Wildman–Crippen MR) is 93.5 cm³/mol. The Bertz CT molecular complexity index is 621. The van der Waals surface area contributed by atoms with Crippen LogP contribution in [-0.2, 0) is 17.6 Å². The summed E-state index contributed by atoms with van der Waals surface area (Å²) in [6.45, 7) is 0.750. The molecule has 1 amide bonds. The topological polar surface area (TPSA) is 55.6 Å². The summed E-state index contributed by atoms with van der Waals surface area (Å²) < 4.78 is 5.15. The van der Waals surface area contributed by atoms with Crippen molar-refractivity contribution in [3.05, 3.63) is 59.7 Å². The van der Waals surface area contributed by atoms with E-state index in [2.05, 4.69) is 12.1 Å². The Balaban J connectivity index is 1.75. The van der Waals surface area contributed by atoms with Crippen LogP contribution < -0.4 is 10.5 Å². The molecule has 4 nitrogen and oxygen atoms in total. The number of likely N-dealkylation sites (N-methyl/N-ethyl adjacent to an activating group) is 1. The number of carbonyl (C=O) groups is 1. The monoisotopic (exact) mass is 312 g/mol. The minimum Gasteiger partial charge on any atom is -0.497 e. The molecular weight excluding hydrogens is 288 g/mol. The fourth-order valence-electron chi connectivity index (χ4n) is 2.38. The lowest BCUT2D eigenvalue weighted by molar-refractivity contribution is -0.129. The summed E-state index contributed by atoms with van der Waals surface area (Å²) in [6.07, 6.45) is 2.30. The number of nitrogens with two attached hydrogens (primary N) is 1. The first kappa shape index (κ1) is 16.9. The quantitative estimate of drug-likeness (QED) is 0.800. The van der Waals surface area contributed by atoms with Crippen LogP contribution in [0.25, 0.3) is 0 Å². The van der Waals surface area contributed by atoms with Crippen LogP contribution in [0.2, 0.25) is 0 Å². The third kappa shape index (κ3) is 5.33. The molecule has 0 bridgehead atoms. The van der Waals surface area contributed by atoms with Crippen LogP contribution in [0.15, 0.2) is 48.5 Å². The minimum atomic E-state index is 0.129. The average molecular weight is 312 g/mol. The van der Waals surface area contributed by atoms with Crippen molar-refractivity contribution in [1.29, 1.82) is 0 Å². The molecule has 2 N–H and O–H groups in total. The number of hydrogen-bond acceptors (Lipinski definition) is 3. The second-order valence-electron chi connectivity index (χ2n) is 5.69. The lowest BCUT2D eigenvalue weighted by Crippen LogP contribution is -2.29. The number of nitrogen functional groups attached to an aromatic ring is 1. The van der Waals surface area contributed by atoms with Gasteiger partial charge in [-0.3, -0.25) is 4.79 Å². The number of hydrogen-bond donors (Lipinski definition) is 1. The smallest absolute Gasteiger partial charge is 0.226 e. The number of anilines is 1. The largest absolute Gasteiger partial charge is 0.497 e. The number of ether oxygens (including phenoxy) is 1. The first-order valence-corrected chi connectivity index (χ1v) is 7.80. The number of methoxy groups -OCH3 is 1. The van der Waals surface area contributed by atoms with Gasteiger partial charge in [-0.1, -0.05) is 24.3 Å². The lowest BCUT2D eigenvalue weighted by Gasteiger charge is -2.17. The van der Waals surface area contributed by atoms with Crippen molar-refractivity contribution in [2.45, 2.75) is 19.3 Å². The van der Waals surface area contributed by atoms with Crippen LogP contribution in [0.1, 0.15) is 17.5 Å². The summed E-state index contributed by atoms with van der Waals surface area (Å²) in [5, 5.41) is 0. The molecule has 4 heteroatoms. The number of amides is 1. The standard InChI is InChI=1S/C19H24N2O2/c1-21(19(22)14-16-5-9-17(20)10-6-16)13-3-4-15-7-11-18(23-2)12-8-15/h5-12H,3-4,13-14,20H2,1-2H3. The second kappa shape index (κ2) is 8.22. The summed E-state index contributed by atoms with van der Waals surface area (Å²) in [6, 6.07) is 15.5. The highest BCUT2D eigenvalue weighted by Crippen LogP contribution is 2.13. The summed E-state index contributed by atoms with van der Waals surface area (Å²) in [4.78, 5) is 14.0. The molecule has 23 heavy (non-hydrogen) atoms. The van der Waals surface area contributed by atoms with Gasteiger partial charge in [0, 0.05) is 19.3 Å². The summed E-state index contributed by atoms with van der Waals surface area (Å²) in [7, 11) is 3.52. The maximum absolute atomic E-state index is 12.2. The van der Waals surface area contributed by atoms with Crippen LogP contribution in [0, 0.1) is 0 Å². The van der Waals surface area contributed by atoms with E-state index in [-0.39, 0.29) is 5.91 Å². The zero-order chi connectivity index (χ0) is 16.7. The fourth-order valence-corrected chi connectivity index (χ4v) is 2.38. The third-order valence-corrected chi connectivity index (χ3v) is 3.88. The van der Waals surface area contributed by atoms with E-state index in [0.29, 0.717) is 12.1 Å². The SMILES string of the molecule is COc1ccc(CCCN(C)C(=O)Cc2ccc(N)cc2)cc1. The minimum absolute atomic E-state index is 0.129. The molecule has 0 aliphatic rings. The van der Waals surface area contributed by atoms with Gasteiger partial charge in [-0.25, -0.2) is 0 Å². The first-order valence-electron chi connectivity index (χ1n) is 7.80. The highest BCUT2D eigenvalue weighted by Gasteiger charge is 2.09. The Hall–Kier alpha value is -2.49. The van der Waals surface area contributed by atoms with Gasteiger partial charge >= 0.3 is 0 Å². The number of aryl methyl sites for hydroxylation is 1. The first-order chi connectivity index (χ1) is 11.1. The Labute approximate surface area is 137 Å². The summed E-state index contributed by atoms with van der Waals surface area (Å²) in [5.41, 5.74) is 8.62. The van der Waals surface area contributed by atoms with Gasteiger partial charge in [0.2, 0.25) is 5.91 Å². The van der Waals surface area contributed by atoms with Crippen molar-refractivity contribution in [3.8, 4) is 5.75 Å². The van der Waals surface area contributed by atoms with E-state index < -0.39 is 0 Å². The van der Waals surface area contributed by atoms with Crippen molar-refractivity contribution in [2.75, 3.05) is 26.4 Å². The predicted octanol–water partition coefficient (Wildman–Crippen LogP) is 2.91. The molecule has 0 unspecified atom stereocenters. The maximum atomic E-state index is 12.2. The summed E-state index contributed by atoms with van der Waals surface area (Å²) >= 11 is 0. The van der Waals surface area contributed by atoms with E-state index in [4.69, 9.17) is 10.5 Å². The Morgan fingerprint density at radius 2 is 1.65 bits per heavy atom. The molecule has 0 saturated carbocycles. The molecule has 122 valence electrons. The highest BCUT2D eigenvalue weighted by molar-refractivity contribution is 5.78. The molecule has 2 aromatic carbocycles. The van der Waals surface area contributed by atoms with Gasteiger partial charge in [0.15, 0.2) is 0 Å². The number of carbonyl (C=O) groups excluding carboxylic acids is 1. The van der Waals surface area contributed by atoms with Crippen LogP contribution in [0.3, 0.4) is 0 Å². The van der Waals surface area contributed by atoms with Crippen molar-refractivity contribution in [1.82, 2.24) is 4.90 Å². The summed E-state index contributed by atoms with van der Waals surface area (Å²) in [5.74, 6) is 0.994. The highest BCUT2D eigenvalue weighted by atomic mass is 16.5. The molecule has 0 aromatic heterocycles. The molecule has 0 spiro atoms. The normalized spacial score (nSPS) is 10.3. The molecule has 0 atom stereocenters. The van der Waals surface area contributed by atoms with Gasteiger partial charge in [-0.05, 0) is 48.2 Å². The number of nitrogens with zero attached hydrogens (tertiary/aromatic N) is 1. The molecule has 0 heterocycles. The molecule has 0 aliphatic heterocycles. The third-order valence-electron chi connectivity index (χ3n) is 3.88. The average Bonchev–Trinajstić information content (AvgIpc) is 2.57. The molecule has 0 aliphatic carbocycles. The Kier molecular flexibility index (Phi) is 6.03. The van der Waals surface area contributed by atoms with Gasteiger partial charge in [0.1, 0.15) is 5.75 Å². The molecule has 0 fully saturated rings. The van der Waals surface area contributed by atoms with E-state index >= 15 is 0 Å². The number of benzene rings is 2. The molecule has 2 aromatic rings. The van der Waals surface area contributed by atoms with Crippen molar-refractivity contribution < 1.29 is 9.53 Å². The van der Waals surface area contributed by atoms with Crippen molar-refractivity contribution in [3.63, 3.8) is 0 Å². The van der Waals surface area contributed by atoms with Crippen LogP contribution in [0.4, 0.5) is 5.69 Å². The van der Waals surface area contributed by atoms with E-state index in [1.165, 1.54) is 5.56 Å². The zero-order valence-corrected chi connectivity index (χ0v) is 13.8. The van der Waals surface area contributed by atoms with E-state index in [1.807, 2.05) is 43.4 Å².